The first-order chi connectivity index (χ1) is 7.58. The van der Waals surface area contributed by atoms with Gasteiger partial charge in [0.2, 0.25) is 0 Å². The number of carbonyl (C=O) groups is 1. The molecule has 102 valence electrons. The minimum atomic E-state index is -4.96. The van der Waals surface area contributed by atoms with Crippen LogP contribution in [-0.4, -0.2) is 29.1 Å². The molecule has 0 saturated carbocycles. The number of rotatable bonds is 6. The van der Waals surface area contributed by atoms with E-state index in [4.69, 9.17) is 0 Å². The van der Waals surface area contributed by atoms with Crippen LogP contribution in [0.15, 0.2) is 0 Å². The van der Waals surface area contributed by atoms with Crippen molar-refractivity contribution in [2.75, 3.05) is 5.75 Å². The second-order valence-corrected chi connectivity index (χ2v) is 4.52. The number of hydrogen-bond acceptors (Lipinski definition) is 2. The molecule has 0 heterocycles. The molecule has 0 aliphatic carbocycles. The summed E-state index contributed by atoms with van der Waals surface area (Å²) in [4.78, 5) is 10.7. The van der Waals surface area contributed by atoms with Crippen molar-refractivity contribution >= 4 is 16.9 Å². The molecule has 0 aromatic carbocycles. The fourth-order valence-corrected chi connectivity index (χ4v) is 1.72. The summed E-state index contributed by atoms with van der Waals surface area (Å²) < 4.78 is 73.6. The predicted octanol–water partition coefficient (Wildman–Crippen LogP) is 3.97. The van der Waals surface area contributed by atoms with Gasteiger partial charge in [-0.25, -0.2) is 13.2 Å². The van der Waals surface area contributed by atoms with Crippen LogP contribution in [0.4, 0.5) is 26.3 Å². The molecule has 0 bridgehead atoms. The van der Waals surface area contributed by atoms with E-state index >= 15 is 0 Å². The topological polar surface area (TPSA) is 17.1 Å². The normalized spacial score (nSPS) is 14.8. The second-order valence-electron chi connectivity index (χ2n) is 3.37. The number of thioether (sulfide) groups is 1. The second kappa shape index (κ2) is 6.51. The van der Waals surface area contributed by atoms with Gasteiger partial charge in [0, 0.05) is 18.6 Å². The van der Waals surface area contributed by atoms with E-state index in [-0.39, 0.29) is 11.5 Å². The largest absolute Gasteiger partial charge is 0.392 e. The molecule has 0 aliphatic rings. The number of hydrogen-bond donors (Lipinski definition) is 0. The average Bonchev–Trinajstić information content (AvgIpc) is 2.14. The fourth-order valence-electron chi connectivity index (χ4n) is 0.912. The minimum Gasteiger partial charge on any atom is -0.287 e. The van der Waals surface area contributed by atoms with E-state index in [1.165, 1.54) is 6.92 Å². The van der Waals surface area contributed by atoms with Gasteiger partial charge in [0.1, 0.15) is 0 Å². The highest BCUT2D eigenvalue weighted by Gasteiger charge is 2.46. The van der Waals surface area contributed by atoms with Crippen molar-refractivity contribution in [1.82, 2.24) is 0 Å². The van der Waals surface area contributed by atoms with Crippen LogP contribution in [0.3, 0.4) is 0 Å². The molecule has 0 spiro atoms. The van der Waals surface area contributed by atoms with Gasteiger partial charge in [0.15, 0.2) is 11.3 Å². The smallest absolute Gasteiger partial charge is 0.287 e. The summed E-state index contributed by atoms with van der Waals surface area (Å²) in [5, 5.41) is -0.355. The lowest BCUT2D eigenvalue weighted by Crippen LogP contribution is -2.34. The molecule has 0 radical (unpaired) electrons. The van der Waals surface area contributed by atoms with Gasteiger partial charge < -0.3 is 0 Å². The average molecular weight is 282 g/mol. The number of halogens is 6. The zero-order chi connectivity index (χ0) is 13.7. The van der Waals surface area contributed by atoms with E-state index in [2.05, 4.69) is 0 Å². The lowest BCUT2D eigenvalue weighted by Gasteiger charge is -2.21. The van der Waals surface area contributed by atoms with Gasteiger partial charge in [-0.2, -0.15) is 13.2 Å². The Morgan fingerprint density at radius 2 is 1.76 bits per heavy atom. The number of alkyl halides is 6. The Balaban J connectivity index is 4.13. The summed E-state index contributed by atoms with van der Waals surface area (Å²) in [6.45, 7) is 1.52. The SMILES string of the molecule is CCC(=O)SCCC(F)(F)C(F)CC(F)(F)F. The Bertz CT molecular complexity index is 252. The summed E-state index contributed by atoms with van der Waals surface area (Å²) in [5.41, 5.74) is 0. The van der Waals surface area contributed by atoms with E-state index in [1.54, 1.807) is 0 Å². The fraction of sp³-hybridized carbons (Fsp3) is 0.889. The van der Waals surface area contributed by atoms with Crippen molar-refractivity contribution in [3.63, 3.8) is 0 Å². The molecule has 0 rings (SSSR count). The molecule has 1 nitrogen and oxygen atoms in total. The van der Waals surface area contributed by atoms with Crippen molar-refractivity contribution in [1.29, 1.82) is 0 Å². The van der Waals surface area contributed by atoms with Gasteiger partial charge >= 0.3 is 6.18 Å². The highest BCUT2D eigenvalue weighted by molar-refractivity contribution is 8.13. The summed E-state index contributed by atoms with van der Waals surface area (Å²) >= 11 is 0.572. The third-order valence-electron chi connectivity index (χ3n) is 1.86. The van der Waals surface area contributed by atoms with E-state index in [0.29, 0.717) is 11.8 Å². The standard InChI is InChI=1S/C9H12F6OS/c1-2-7(16)17-4-3-8(11,12)6(10)5-9(13,14)15/h6H,2-5H2,1H3. The highest BCUT2D eigenvalue weighted by Crippen LogP contribution is 2.34. The zero-order valence-electron chi connectivity index (χ0n) is 8.99. The van der Waals surface area contributed by atoms with Crippen molar-refractivity contribution in [3.8, 4) is 0 Å². The maximum absolute atomic E-state index is 12.9. The quantitative estimate of drug-likeness (QED) is 0.686. The van der Waals surface area contributed by atoms with Crippen molar-refractivity contribution in [3.05, 3.63) is 0 Å². The first-order valence-corrected chi connectivity index (χ1v) is 5.81. The van der Waals surface area contributed by atoms with Crippen LogP contribution in [0.1, 0.15) is 26.2 Å². The lowest BCUT2D eigenvalue weighted by molar-refractivity contribution is -0.177. The van der Waals surface area contributed by atoms with Crippen LogP contribution in [0, 0.1) is 0 Å². The van der Waals surface area contributed by atoms with Crippen LogP contribution in [0.2, 0.25) is 0 Å². The Labute approximate surface area is 98.9 Å². The molecule has 0 aliphatic heterocycles. The molecule has 17 heavy (non-hydrogen) atoms. The molecule has 1 unspecified atom stereocenters. The van der Waals surface area contributed by atoms with Crippen LogP contribution in [-0.2, 0) is 4.79 Å². The van der Waals surface area contributed by atoms with Gasteiger partial charge in [-0.3, -0.25) is 4.79 Å². The molecule has 8 heteroatoms. The Hall–Kier alpha value is -0.400. The molecular weight excluding hydrogens is 270 g/mol. The summed E-state index contributed by atoms with van der Waals surface area (Å²) in [6, 6.07) is 0. The van der Waals surface area contributed by atoms with E-state index < -0.39 is 36.9 Å². The van der Waals surface area contributed by atoms with Crippen LogP contribution in [0.5, 0.6) is 0 Å². The molecule has 0 N–H and O–H groups in total. The highest BCUT2D eigenvalue weighted by atomic mass is 32.2. The van der Waals surface area contributed by atoms with E-state index in [1.807, 2.05) is 0 Å². The maximum atomic E-state index is 12.9. The van der Waals surface area contributed by atoms with Gasteiger partial charge in [-0.15, -0.1) is 0 Å². The summed E-state index contributed by atoms with van der Waals surface area (Å²) in [7, 11) is 0. The van der Waals surface area contributed by atoms with Gasteiger partial charge in [-0.1, -0.05) is 18.7 Å². The van der Waals surface area contributed by atoms with Crippen LogP contribution >= 0.6 is 11.8 Å². The molecule has 0 fully saturated rings. The Morgan fingerprint density at radius 3 is 2.18 bits per heavy atom. The first kappa shape index (κ1) is 16.6. The zero-order valence-corrected chi connectivity index (χ0v) is 9.81. The molecule has 0 aromatic heterocycles. The molecular formula is C9H12F6OS. The molecule has 1 atom stereocenters. The Kier molecular flexibility index (Phi) is 6.36. The van der Waals surface area contributed by atoms with Gasteiger partial charge in [0.25, 0.3) is 5.92 Å². The maximum Gasteiger partial charge on any atom is 0.392 e. The predicted molar refractivity (Wildman–Crippen MR) is 52.9 cm³/mol. The van der Waals surface area contributed by atoms with Crippen LogP contribution in [0.25, 0.3) is 0 Å². The third-order valence-corrected chi connectivity index (χ3v) is 2.87. The third kappa shape index (κ3) is 7.51. The van der Waals surface area contributed by atoms with Crippen molar-refractivity contribution in [2.24, 2.45) is 0 Å². The summed E-state index contributed by atoms with van der Waals surface area (Å²) in [5.74, 6) is -4.45. The summed E-state index contributed by atoms with van der Waals surface area (Å²) in [6.07, 6.45) is -11.3. The minimum absolute atomic E-state index is 0.137. The number of carbonyl (C=O) groups excluding carboxylic acids is 1. The van der Waals surface area contributed by atoms with Gasteiger partial charge in [-0.05, 0) is 0 Å². The first-order valence-electron chi connectivity index (χ1n) is 4.82. The van der Waals surface area contributed by atoms with E-state index in [0.717, 1.165) is 0 Å². The van der Waals surface area contributed by atoms with Crippen LogP contribution < -0.4 is 0 Å². The van der Waals surface area contributed by atoms with Crippen molar-refractivity contribution in [2.45, 2.75) is 44.5 Å². The Morgan fingerprint density at radius 1 is 1.24 bits per heavy atom. The molecule has 0 amide bonds. The monoisotopic (exact) mass is 282 g/mol. The van der Waals surface area contributed by atoms with Crippen molar-refractivity contribution < 1.29 is 31.1 Å². The van der Waals surface area contributed by atoms with Gasteiger partial charge in [0.05, 0.1) is 6.42 Å². The molecule has 0 aromatic rings. The molecule has 0 saturated heterocycles. The lowest BCUT2D eigenvalue weighted by atomic mass is 10.1. The van der Waals surface area contributed by atoms with E-state index in [9.17, 15) is 31.1 Å².